The number of carbonyl (C=O) groups is 1. The topological polar surface area (TPSA) is 63.3 Å². The smallest absolute Gasteiger partial charge is 0.416 e. The Morgan fingerprint density at radius 2 is 1.70 bits per heavy atom. The molecule has 0 saturated carbocycles. The molecule has 1 atom stereocenters. The molecular weight excluding hydrogens is 379 g/mol. The molecule has 0 bridgehead atoms. The maximum Gasteiger partial charge on any atom is 0.416 e. The van der Waals surface area contributed by atoms with Gasteiger partial charge in [0.05, 0.1) is 5.56 Å². The van der Waals surface area contributed by atoms with Crippen molar-refractivity contribution in [3.8, 4) is 22.6 Å². The molecule has 1 N–H and O–H groups in total. The van der Waals surface area contributed by atoms with Crippen LogP contribution < -0.4 is 0 Å². The number of aromatic nitrogens is 1. The number of hydrogen-bond donors (Lipinski definition) is 1. The van der Waals surface area contributed by atoms with E-state index in [1.165, 1.54) is 19.1 Å². The lowest BCUT2D eigenvalue weighted by atomic mass is 10.0. The Morgan fingerprint density at radius 1 is 1.07 bits per heavy atom. The maximum atomic E-state index is 12.8. The Morgan fingerprint density at radius 3 is 2.26 bits per heavy atom. The SMILES string of the molecule is CC(Sc1nc(-c2ccccc2)c(-c2ccc(C(F)(F)F)cc2)o1)C(=O)O. The number of hydrogen-bond acceptors (Lipinski definition) is 4. The van der Waals surface area contributed by atoms with Gasteiger partial charge in [-0.3, -0.25) is 4.79 Å². The second kappa shape index (κ2) is 7.48. The largest absolute Gasteiger partial charge is 0.480 e. The highest BCUT2D eigenvalue weighted by atomic mass is 32.2. The number of aliphatic carboxylic acids is 1. The monoisotopic (exact) mass is 393 g/mol. The van der Waals surface area contributed by atoms with E-state index in [0.717, 1.165) is 23.9 Å². The molecular formula is C19H14F3NO3S. The number of benzene rings is 2. The molecule has 1 aromatic heterocycles. The summed E-state index contributed by atoms with van der Waals surface area (Å²) in [6, 6.07) is 13.6. The van der Waals surface area contributed by atoms with E-state index in [4.69, 9.17) is 9.52 Å². The molecule has 8 heteroatoms. The van der Waals surface area contributed by atoms with Crippen LogP contribution in [0.1, 0.15) is 12.5 Å². The number of thioether (sulfide) groups is 1. The van der Waals surface area contributed by atoms with Gasteiger partial charge in [-0.2, -0.15) is 13.2 Å². The summed E-state index contributed by atoms with van der Waals surface area (Å²) in [5.41, 5.74) is 0.812. The number of halogens is 3. The van der Waals surface area contributed by atoms with Crippen molar-refractivity contribution in [2.24, 2.45) is 0 Å². The zero-order valence-electron chi connectivity index (χ0n) is 14.0. The average molecular weight is 393 g/mol. The molecule has 0 spiro atoms. The summed E-state index contributed by atoms with van der Waals surface area (Å²) < 4.78 is 44.1. The van der Waals surface area contributed by atoms with Crippen molar-refractivity contribution in [3.63, 3.8) is 0 Å². The third kappa shape index (κ3) is 4.33. The fraction of sp³-hybridized carbons (Fsp3) is 0.158. The van der Waals surface area contributed by atoms with Crippen LogP contribution in [0, 0.1) is 0 Å². The van der Waals surface area contributed by atoms with Gasteiger partial charge in [0.15, 0.2) is 5.76 Å². The van der Waals surface area contributed by atoms with Gasteiger partial charge in [0.2, 0.25) is 0 Å². The van der Waals surface area contributed by atoms with E-state index in [0.29, 0.717) is 16.8 Å². The Bertz CT molecular complexity index is 937. The molecule has 0 aliphatic carbocycles. The summed E-state index contributed by atoms with van der Waals surface area (Å²) in [6.45, 7) is 1.50. The van der Waals surface area contributed by atoms with Crippen molar-refractivity contribution < 1.29 is 27.5 Å². The van der Waals surface area contributed by atoms with Crippen molar-refractivity contribution in [1.29, 1.82) is 0 Å². The number of rotatable bonds is 5. The summed E-state index contributed by atoms with van der Waals surface area (Å²) in [7, 11) is 0. The van der Waals surface area contributed by atoms with E-state index in [9.17, 15) is 18.0 Å². The van der Waals surface area contributed by atoms with Gasteiger partial charge in [-0.25, -0.2) is 4.98 Å². The number of carboxylic acid groups (broad SMARTS) is 1. The minimum Gasteiger partial charge on any atom is -0.480 e. The summed E-state index contributed by atoms with van der Waals surface area (Å²) in [4.78, 5) is 15.4. The molecule has 0 amide bonds. The third-order valence-electron chi connectivity index (χ3n) is 3.75. The van der Waals surface area contributed by atoms with E-state index in [1.807, 2.05) is 6.07 Å². The van der Waals surface area contributed by atoms with E-state index in [2.05, 4.69) is 4.98 Å². The zero-order valence-corrected chi connectivity index (χ0v) is 14.8. The summed E-state index contributed by atoms with van der Waals surface area (Å²) >= 11 is 0.926. The first-order chi connectivity index (χ1) is 12.8. The molecule has 0 aliphatic heterocycles. The lowest BCUT2D eigenvalue weighted by Gasteiger charge is -2.07. The molecule has 3 aromatic rings. The molecule has 0 radical (unpaired) electrons. The van der Waals surface area contributed by atoms with Crippen molar-refractivity contribution in [2.75, 3.05) is 0 Å². The van der Waals surface area contributed by atoms with E-state index < -0.39 is 23.0 Å². The van der Waals surface area contributed by atoms with Gasteiger partial charge in [-0.15, -0.1) is 0 Å². The molecule has 0 fully saturated rings. The minimum absolute atomic E-state index is 0.138. The van der Waals surface area contributed by atoms with E-state index in [1.54, 1.807) is 24.3 Å². The lowest BCUT2D eigenvalue weighted by Crippen LogP contribution is -2.10. The van der Waals surface area contributed by atoms with Crippen molar-refractivity contribution in [2.45, 2.75) is 23.6 Å². The summed E-state index contributed by atoms with van der Waals surface area (Å²) in [5.74, 6) is -0.731. The standard InChI is InChI=1S/C19H14F3NO3S/c1-11(17(24)25)27-18-23-15(12-5-3-2-4-6-12)16(26-18)13-7-9-14(10-8-13)19(20,21)22/h2-11H,1H3,(H,24,25). The van der Waals surface area contributed by atoms with Crippen LogP contribution in [0.2, 0.25) is 0 Å². The fourth-order valence-electron chi connectivity index (χ4n) is 2.35. The van der Waals surface area contributed by atoms with Crippen LogP contribution in [0.3, 0.4) is 0 Å². The second-order valence-electron chi connectivity index (χ2n) is 5.70. The predicted octanol–water partition coefficient (Wildman–Crippen LogP) is 5.59. The lowest BCUT2D eigenvalue weighted by molar-refractivity contribution is -0.138. The highest BCUT2D eigenvalue weighted by Gasteiger charge is 2.30. The van der Waals surface area contributed by atoms with E-state index in [-0.39, 0.29) is 11.0 Å². The first kappa shape index (κ1) is 19.0. The Hall–Kier alpha value is -2.74. The first-order valence-electron chi connectivity index (χ1n) is 7.89. The van der Waals surface area contributed by atoms with Crippen molar-refractivity contribution in [1.82, 2.24) is 4.98 Å². The van der Waals surface area contributed by atoms with Gasteiger partial charge in [0.1, 0.15) is 10.9 Å². The average Bonchev–Trinajstić information content (AvgIpc) is 3.05. The van der Waals surface area contributed by atoms with Gasteiger partial charge in [-0.05, 0) is 19.1 Å². The second-order valence-corrected chi connectivity index (χ2v) is 6.99. The minimum atomic E-state index is -4.43. The highest BCUT2D eigenvalue weighted by Crippen LogP contribution is 2.38. The molecule has 1 heterocycles. The number of carboxylic acids is 1. The molecule has 2 aromatic carbocycles. The molecule has 4 nitrogen and oxygen atoms in total. The molecule has 140 valence electrons. The van der Waals surface area contributed by atoms with Crippen LogP contribution in [0.15, 0.2) is 64.2 Å². The molecule has 0 saturated heterocycles. The first-order valence-corrected chi connectivity index (χ1v) is 8.77. The zero-order chi connectivity index (χ0) is 19.6. The fourth-order valence-corrected chi connectivity index (χ4v) is 3.03. The van der Waals surface area contributed by atoms with Gasteiger partial charge in [-0.1, -0.05) is 54.2 Å². The van der Waals surface area contributed by atoms with Crippen LogP contribution in [-0.2, 0) is 11.0 Å². The number of nitrogens with zero attached hydrogens (tertiary/aromatic N) is 1. The summed E-state index contributed by atoms with van der Waals surface area (Å²) in [6.07, 6.45) is -4.43. The van der Waals surface area contributed by atoms with Crippen LogP contribution >= 0.6 is 11.8 Å². The van der Waals surface area contributed by atoms with E-state index >= 15 is 0 Å². The van der Waals surface area contributed by atoms with Crippen molar-refractivity contribution >= 4 is 17.7 Å². The van der Waals surface area contributed by atoms with Gasteiger partial charge < -0.3 is 9.52 Å². The molecule has 0 aliphatic rings. The Labute approximate surface area is 157 Å². The molecule has 3 rings (SSSR count). The predicted molar refractivity (Wildman–Crippen MR) is 95.3 cm³/mol. The molecule has 27 heavy (non-hydrogen) atoms. The van der Waals surface area contributed by atoms with Crippen molar-refractivity contribution in [3.05, 3.63) is 60.2 Å². The summed E-state index contributed by atoms with van der Waals surface area (Å²) in [5, 5.41) is 8.42. The number of alkyl halides is 3. The van der Waals surface area contributed by atoms with Crippen LogP contribution in [0.4, 0.5) is 13.2 Å². The maximum absolute atomic E-state index is 12.8. The van der Waals surface area contributed by atoms with Gasteiger partial charge in [0, 0.05) is 11.1 Å². The number of oxazole rings is 1. The highest BCUT2D eigenvalue weighted by molar-refractivity contribution is 8.00. The third-order valence-corrected chi connectivity index (χ3v) is 4.69. The van der Waals surface area contributed by atoms with Crippen LogP contribution in [-0.4, -0.2) is 21.3 Å². The van der Waals surface area contributed by atoms with Gasteiger partial charge >= 0.3 is 12.1 Å². The molecule has 1 unspecified atom stereocenters. The Balaban J connectivity index is 2.04. The normalized spacial score (nSPS) is 12.7. The van der Waals surface area contributed by atoms with Gasteiger partial charge in [0.25, 0.3) is 5.22 Å². The van der Waals surface area contributed by atoms with Crippen LogP contribution in [0.5, 0.6) is 0 Å². The quantitative estimate of drug-likeness (QED) is 0.572. The Kier molecular flexibility index (Phi) is 5.27. The van der Waals surface area contributed by atoms with Crippen LogP contribution in [0.25, 0.3) is 22.6 Å².